The van der Waals surface area contributed by atoms with Gasteiger partial charge in [-0.1, -0.05) is 11.6 Å². The molecular weight excluding hydrogens is 172 g/mol. The summed E-state index contributed by atoms with van der Waals surface area (Å²) in [4.78, 5) is 4.30. The summed E-state index contributed by atoms with van der Waals surface area (Å²) in [6.45, 7) is 2.13. The minimum atomic E-state index is 0.559. The number of hydrogen-bond acceptors (Lipinski definition) is 2. The predicted molar refractivity (Wildman–Crippen MR) is 49.5 cm³/mol. The zero-order valence-electron chi connectivity index (χ0n) is 6.76. The lowest BCUT2D eigenvalue weighted by atomic mass is 10.0. The molecule has 1 atom stereocenters. The summed E-state index contributed by atoms with van der Waals surface area (Å²) < 4.78 is 0. The molecule has 1 aromatic heterocycles. The molecule has 0 radical (unpaired) electrons. The van der Waals surface area contributed by atoms with Crippen LogP contribution in [-0.2, 0) is 0 Å². The largest absolute Gasteiger partial charge is 0.316 e. The van der Waals surface area contributed by atoms with E-state index in [1.807, 2.05) is 12.1 Å². The van der Waals surface area contributed by atoms with E-state index < -0.39 is 0 Å². The topological polar surface area (TPSA) is 24.9 Å². The molecule has 1 aliphatic heterocycles. The van der Waals surface area contributed by atoms with Gasteiger partial charge in [0, 0.05) is 29.4 Å². The summed E-state index contributed by atoms with van der Waals surface area (Å²) in [5, 5.41) is 4.09. The lowest BCUT2D eigenvalue weighted by Gasteiger charge is -2.06. The van der Waals surface area contributed by atoms with E-state index in [2.05, 4.69) is 10.3 Å². The van der Waals surface area contributed by atoms with Crippen LogP contribution < -0.4 is 5.32 Å². The van der Waals surface area contributed by atoms with Gasteiger partial charge in [-0.25, -0.2) is 0 Å². The number of nitrogens with zero attached hydrogens (tertiary/aromatic N) is 1. The molecule has 1 aromatic rings. The third-order valence-corrected chi connectivity index (χ3v) is 2.46. The summed E-state index contributed by atoms with van der Waals surface area (Å²) in [7, 11) is 0. The van der Waals surface area contributed by atoms with Crippen LogP contribution in [0.4, 0.5) is 0 Å². The molecule has 1 saturated heterocycles. The second kappa shape index (κ2) is 3.42. The Balaban J connectivity index is 2.21. The molecule has 0 amide bonds. The smallest absolute Gasteiger partial charge is 0.0462 e. The Morgan fingerprint density at radius 2 is 2.50 bits per heavy atom. The zero-order valence-corrected chi connectivity index (χ0v) is 7.51. The summed E-state index contributed by atoms with van der Waals surface area (Å²) in [5.74, 6) is 0.559. The number of pyridine rings is 1. The third-order valence-electron chi connectivity index (χ3n) is 2.22. The van der Waals surface area contributed by atoms with Gasteiger partial charge in [-0.15, -0.1) is 0 Å². The molecule has 2 rings (SSSR count). The third kappa shape index (κ3) is 1.59. The fourth-order valence-corrected chi connectivity index (χ4v) is 1.72. The second-order valence-electron chi connectivity index (χ2n) is 3.09. The fraction of sp³-hybridized carbons (Fsp3) is 0.444. The summed E-state index contributed by atoms with van der Waals surface area (Å²) in [6, 6.07) is 3.77. The highest BCUT2D eigenvalue weighted by atomic mass is 35.5. The molecule has 64 valence electrons. The Hall–Kier alpha value is -0.600. The van der Waals surface area contributed by atoms with Gasteiger partial charge in [-0.3, -0.25) is 4.98 Å². The monoisotopic (exact) mass is 182 g/mol. The average molecular weight is 183 g/mol. The van der Waals surface area contributed by atoms with Crippen LogP contribution in [0.15, 0.2) is 18.3 Å². The molecule has 0 saturated carbocycles. The van der Waals surface area contributed by atoms with Crippen molar-refractivity contribution in [3.63, 3.8) is 0 Å². The van der Waals surface area contributed by atoms with Crippen LogP contribution in [0.25, 0.3) is 0 Å². The highest BCUT2D eigenvalue weighted by Crippen LogP contribution is 2.22. The Morgan fingerprint density at radius 1 is 1.58 bits per heavy atom. The van der Waals surface area contributed by atoms with Crippen LogP contribution >= 0.6 is 11.6 Å². The number of aromatic nitrogens is 1. The molecule has 2 nitrogen and oxygen atoms in total. The first kappa shape index (κ1) is 8.02. The zero-order chi connectivity index (χ0) is 8.39. The van der Waals surface area contributed by atoms with Crippen molar-refractivity contribution >= 4 is 11.6 Å². The Kier molecular flexibility index (Phi) is 2.28. The lowest BCUT2D eigenvalue weighted by molar-refractivity contribution is 0.735. The lowest BCUT2D eigenvalue weighted by Crippen LogP contribution is -2.08. The van der Waals surface area contributed by atoms with Gasteiger partial charge >= 0.3 is 0 Å². The molecule has 0 aliphatic carbocycles. The van der Waals surface area contributed by atoms with E-state index >= 15 is 0 Å². The van der Waals surface area contributed by atoms with E-state index in [1.54, 1.807) is 6.20 Å². The Morgan fingerprint density at radius 3 is 3.17 bits per heavy atom. The highest BCUT2D eigenvalue weighted by Gasteiger charge is 2.17. The van der Waals surface area contributed by atoms with Crippen molar-refractivity contribution in [2.75, 3.05) is 13.1 Å². The van der Waals surface area contributed by atoms with Gasteiger partial charge in [0.2, 0.25) is 0 Å². The van der Waals surface area contributed by atoms with Crippen molar-refractivity contribution in [2.45, 2.75) is 12.3 Å². The molecule has 2 heterocycles. The SMILES string of the molecule is Clc1ccnc([C@H]2CCNC2)c1. The van der Waals surface area contributed by atoms with Gasteiger partial charge in [0.25, 0.3) is 0 Å². The molecule has 0 spiro atoms. The van der Waals surface area contributed by atoms with Gasteiger partial charge in [0.1, 0.15) is 0 Å². The van der Waals surface area contributed by atoms with Crippen LogP contribution in [0.1, 0.15) is 18.0 Å². The second-order valence-corrected chi connectivity index (χ2v) is 3.53. The van der Waals surface area contributed by atoms with Gasteiger partial charge in [0.05, 0.1) is 0 Å². The molecule has 0 aromatic carbocycles. The van der Waals surface area contributed by atoms with Gasteiger partial charge in [-0.05, 0) is 25.1 Å². The molecule has 1 aliphatic rings. The Labute approximate surface area is 77.0 Å². The standard InChI is InChI=1S/C9H11ClN2/c10-8-2-4-12-9(5-8)7-1-3-11-6-7/h2,4-5,7,11H,1,3,6H2/t7-/m0/s1. The van der Waals surface area contributed by atoms with Crippen molar-refractivity contribution in [3.8, 4) is 0 Å². The normalized spacial score (nSPS) is 22.9. The molecule has 1 N–H and O–H groups in total. The first-order chi connectivity index (χ1) is 5.86. The van der Waals surface area contributed by atoms with Crippen LogP contribution in [0.5, 0.6) is 0 Å². The van der Waals surface area contributed by atoms with Crippen LogP contribution in [0.3, 0.4) is 0 Å². The average Bonchev–Trinajstić information content (AvgIpc) is 2.56. The number of hydrogen-bond donors (Lipinski definition) is 1. The van der Waals surface area contributed by atoms with E-state index in [4.69, 9.17) is 11.6 Å². The van der Waals surface area contributed by atoms with Crippen LogP contribution in [-0.4, -0.2) is 18.1 Å². The van der Waals surface area contributed by atoms with Crippen LogP contribution in [0.2, 0.25) is 5.02 Å². The minimum absolute atomic E-state index is 0.559. The first-order valence-electron chi connectivity index (χ1n) is 4.18. The maximum atomic E-state index is 5.86. The van der Waals surface area contributed by atoms with Crippen LogP contribution in [0, 0.1) is 0 Å². The van der Waals surface area contributed by atoms with Crippen molar-refractivity contribution < 1.29 is 0 Å². The van der Waals surface area contributed by atoms with Gasteiger partial charge < -0.3 is 5.32 Å². The van der Waals surface area contributed by atoms with E-state index in [0.717, 1.165) is 23.8 Å². The van der Waals surface area contributed by atoms with Gasteiger partial charge in [-0.2, -0.15) is 0 Å². The number of nitrogens with one attached hydrogen (secondary N) is 1. The number of halogens is 1. The van der Waals surface area contributed by atoms with Crippen molar-refractivity contribution in [2.24, 2.45) is 0 Å². The Bertz CT molecular complexity index is 269. The maximum absolute atomic E-state index is 5.86. The molecule has 1 fully saturated rings. The predicted octanol–water partition coefficient (Wildman–Crippen LogP) is 1.81. The van der Waals surface area contributed by atoms with Crippen molar-refractivity contribution in [1.82, 2.24) is 10.3 Å². The fourth-order valence-electron chi connectivity index (χ4n) is 1.55. The molecule has 0 bridgehead atoms. The van der Waals surface area contributed by atoms with Crippen molar-refractivity contribution in [3.05, 3.63) is 29.0 Å². The summed E-state index contributed by atoms with van der Waals surface area (Å²) in [5.41, 5.74) is 1.12. The van der Waals surface area contributed by atoms with E-state index in [0.29, 0.717) is 5.92 Å². The van der Waals surface area contributed by atoms with Crippen molar-refractivity contribution in [1.29, 1.82) is 0 Å². The number of rotatable bonds is 1. The van der Waals surface area contributed by atoms with Gasteiger partial charge in [0.15, 0.2) is 0 Å². The first-order valence-corrected chi connectivity index (χ1v) is 4.56. The highest BCUT2D eigenvalue weighted by molar-refractivity contribution is 6.30. The quantitative estimate of drug-likeness (QED) is 0.717. The minimum Gasteiger partial charge on any atom is -0.316 e. The van der Waals surface area contributed by atoms with E-state index in [1.165, 1.54) is 6.42 Å². The molecule has 12 heavy (non-hydrogen) atoms. The maximum Gasteiger partial charge on any atom is 0.0462 e. The molecule has 3 heteroatoms. The van der Waals surface area contributed by atoms with E-state index in [-0.39, 0.29) is 0 Å². The molecule has 0 unspecified atom stereocenters. The summed E-state index contributed by atoms with van der Waals surface area (Å²) >= 11 is 5.86. The summed E-state index contributed by atoms with van der Waals surface area (Å²) in [6.07, 6.45) is 2.95. The van der Waals surface area contributed by atoms with E-state index in [9.17, 15) is 0 Å². The molecular formula is C9H11ClN2.